The second-order valence-electron chi connectivity index (χ2n) is 4.40. The van der Waals surface area contributed by atoms with Gasteiger partial charge in [0.2, 0.25) is 0 Å². The number of nitrogens with one attached hydrogen (secondary N) is 1. The van der Waals surface area contributed by atoms with Crippen LogP contribution < -0.4 is 5.32 Å². The largest absolute Gasteiger partial charge is 0.306 e. The molecule has 0 amide bonds. The van der Waals surface area contributed by atoms with E-state index in [0.29, 0.717) is 17.1 Å². The van der Waals surface area contributed by atoms with Crippen LogP contribution in [0, 0.1) is 11.6 Å². The van der Waals surface area contributed by atoms with Crippen LogP contribution in [0.25, 0.3) is 0 Å². The zero-order valence-corrected chi connectivity index (χ0v) is 11.2. The van der Waals surface area contributed by atoms with Gasteiger partial charge in [0.05, 0.1) is 0 Å². The molecule has 0 aliphatic heterocycles. The third-order valence-corrected chi connectivity index (χ3v) is 3.22. The predicted molar refractivity (Wildman–Crippen MR) is 73.1 cm³/mol. The fraction of sp³-hybridized carbons (Fsp3) is 0.200. The molecule has 0 radical (unpaired) electrons. The lowest BCUT2D eigenvalue weighted by molar-refractivity contribution is 0.500. The van der Waals surface area contributed by atoms with Crippen molar-refractivity contribution in [3.05, 3.63) is 70.2 Å². The van der Waals surface area contributed by atoms with Crippen LogP contribution >= 0.6 is 11.6 Å². The molecule has 0 spiro atoms. The monoisotopic (exact) mass is 281 g/mol. The molecule has 1 atom stereocenters. The molecule has 1 unspecified atom stereocenters. The average Bonchev–Trinajstić information content (AvgIpc) is 2.41. The molecule has 0 aliphatic carbocycles. The Hall–Kier alpha value is -1.45. The van der Waals surface area contributed by atoms with Gasteiger partial charge in [-0.15, -0.1) is 0 Å². The molecule has 1 N–H and O–H groups in total. The number of halogens is 3. The third kappa shape index (κ3) is 3.75. The molecule has 19 heavy (non-hydrogen) atoms. The molecule has 2 rings (SSSR count). The standard InChI is InChI=1S/C15H14ClF2N/c1-10(12-4-7-14(17)15(18)8-12)19-9-11-2-5-13(16)6-3-11/h2-8,10,19H,9H2,1H3. The highest BCUT2D eigenvalue weighted by molar-refractivity contribution is 6.30. The summed E-state index contributed by atoms with van der Waals surface area (Å²) in [5.41, 5.74) is 1.80. The second-order valence-corrected chi connectivity index (χ2v) is 4.84. The van der Waals surface area contributed by atoms with Gasteiger partial charge in [0.15, 0.2) is 11.6 Å². The summed E-state index contributed by atoms with van der Waals surface area (Å²) >= 11 is 5.80. The molecule has 0 aromatic heterocycles. The molecule has 1 nitrogen and oxygen atoms in total. The summed E-state index contributed by atoms with van der Waals surface area (Å²) in [7, 11) is 0. The maximum Gasteiger partial charge on any atom is 0.159 e. The first-order valence-electron chi connectivity index (χ1n) is 5.99. The molecule has 0 aliphatic rings. The van der Waals surface area contributed by atoms with E-state index in [9.17, 15) is 8.78 Å². The molecule has 0 bridgehead atoms. The van der Waals surface area contributed by atoms with Gasteiger partial charge in [-0.05, 0) is 42.3 Å². The van der Waals surface area contributed by atoms with Gasteiger partial charge in [0.25, 0.3) is 0 Å². The minimum atomic E-state index is -0.825. The molecule has 0 saturated heterocycles. The highest BCUT2D eigenvalue weighted by Crippen LogP contribution is 2.17. The van der Waals surface area contributed by atoms with Crippen LogP contribution in [0.5, 0.6) is 0 Å². The fourth-order valence-corrected chi connectivity index (χ4v) is 1.90. The van der Waals surface area contributed by atoms with E-state index in [2.05, 4.69) is 5.32 Å². The molecule has 0 fully saturated rings. The Morgan fingerprint density at radius 3 is 2.37 bits per heavy atom. The van der Waals surface area contributed by atoms with Crippen molar-refractivity contribution in [2.24, 2.45) is 0 Å². The van der Waals surface area contributed by atoms with Crippen LogP contribution in [0.2, 0.25) is 5.02 Å². The molecular formula is C15H14ClF2N. The Morgan fingerprint density at radius 1 is 1.05 bits per heavy atom. The zero-order chi connectivity index (χ0) is 13.8. The Kier molecular flexibility index (Phi) is 4.51. The maximum atomic E-state index is 13.1. The van der Waals surface area contributed by atoms with Crippen molar-refractivity contribution >= 4 is 11.6 Å². The van der Waals surface area contributed by atoms with Crippen molar-refractivity contribution < 1.29 is 8.78 Å². The van der Waals surface area contributed by atoms with E-state index in [0.717, 1.165) is 11.6 Å². The van der Waals surface area contributed by atoms with Gasteiger partial charge in [-0.25, -0.2) is 8.78 Å². The average molecular weight is 282 g/mol. The summed E-state index contributed by atoms with van der Waals surface area (Å²) in [6.07, 6.45) is 0. The highest BCUT2D eigenvalue weighted by atomic mass is 35.5. The van der Waals surface area contributed by atoms with E-state index < -0.39 is 11.6 Å². The first kappa shape index (κ1) is 14.0. The SMILES string of the molecule is CC(NCc1ccc(Cl)cc1)c1ccc(F)c(F)c1. The van der Waals surface area contributed by atoms with E-state index in [4.69, 9.17) is 11.6 Å². The van der Waals surface area contributed by atoms with Gasteiger partial charge in [-0.1, -0.05) is 29.8 Å². The summed E-state index contributed by atoms with van der Waals surface area (Å²) in [5.74, 6) is -1.65. The minimum Gasteiger partial charge on any atom is -0.306 e. The van der Waals surface area contributed by atoms with Crippen molar-refractivity contribution in [3.63, 3.8) is 0 Å². The summed E-state index contributed by atoms with van der Waals surface area (Å²) in [5, 5.41) is 3.94. The predicted octanol–water partition coefficient (Wildman–Crippen LogP) is 4.47. The van der Waals surface area contributed by atoms with Crippen LogP contribution in [0.1, 0.15) is 24.1 Å². The lowest BCUT2D eigenvalue weighted by Crippen LogP contribution is -2.18. The Bertz CT molecular complexity index is 555. The van der Waals surface area contributed by atoms with Crippen LogP contribution in [0.4, 0.5) is 8.78 Å². The van der Waals surface area contributed by atoms with Crippen molar-refractivity contribution in [1.29, 1.82) is 0 Å². The number of hydrogen-bond donors (Lipinski definition) is 1. The molecule has 0 saturated carbocycles. The number of rotatable bonds is 4. The van der Waals surface area contributed by atoms with Crippen LogP contribution in [0.15, 0.2) is 42.5 Å². The highest BCUT2D eigenvalue weighted by Gasteiger charge is 2.08. The minimum absolute atomic E-state index is 0.0641. The molecule has 4 heteroatoms. The van der Waals surface area contributed by atoms with Crippen LogP contribution in [-0.4, -0.2) is 0 Å². The van der Waals surface area contributed by atoms with Crippen LogP contribution in [-0.2, 0) is 6.54 Å². The molecule has 100 valence electrons. The Labute approximate surface area is 116 Å². The lowest BCUT2D eigenvalue weighted by atomic mass is 10.1. The molecular weight excluding hydrogens is 268 g/mol. The quantitative estimate of drug-likeness (QED) is 0.872. The third-order valence-electron chi connectivity index (χ3n) is 2.97. The van der Waals surface area contributed by atoms with Crippen molar-refractivity contribution in [2.75, 3.05) is 0 Å². The van der Waals surface area contributed by atoms with Gasteiger partial charge in [-0.2, -0.15) is 0 Å². The number of hydrogen-bond acceptors (Lipinski definition) is 1. The van der Waals surface area contributed by atoms with E-state index in [1.807, 2.05) is 31.2 Å². The van der Waals surface area contributed by atoms with E-state index in [1.54, 1.807) is 6.07 Å². The van der Waals surface area contributed by atoms with Gasteiger partial charge >= 0.3 is 0 Å². The summed E-state index contributed by atoms with van der Waals surface area (Å²) in [6, 6.07) is 11.4. The normalized spacial score (nSPS) is 12.4. The van der Waals surface area contributed by atoms with Gasteiger partial charge < -0.3 is 5.32 Å². The van der Waals surface area contributed by atoms with Crippen LogP contribution in [0.3, 0.4) is 0 Å². The smallest absolute Gasteiger partial charge is 0.159 e. The van der Waals surface area contributed by atoms with Crippen molar-refractivity contribution in [1.82, 2.24) is 5.32 Å². The Balaban J connectivity index is 1.98. The molecule has 0 heterocycles. The van der Waals surface area contributed by atoms with Gasteiger partial charge in [0, 0.05) is 17.6 Å². The topological polar surface area (TPSA) is 12.0 Å². The van der Waals surface area contributed by atoms with Gasteiger partial charge in [0.1, 0.15) is 0 Å². The second kappa shape index (κ2) is 6.13. The van der Waals surface area contributed by atoms with Crippen molar-refractivity contribution in [2.45, 2.75) is 19.5 Å². The van der Waals surface area contributed by atoms with Crippen molar-refractivity contribution in [3.8, 4) is 0 Å². The fourth-order valence-electron chi connectivity index (χ4n) is 1.77. The lowest BCUT2D eigenvalue weighted by Gasteiger charge is -2.14. The zero-order valence-electron chi connectivity index (χ0n) is 10.5. The van der Waals surface area contributed by atoms with E-state index in [1.165, 1.54) is 6.07 Å². The Morgan fingerprint density at radius 2 is 1.74 bits per heavy atom. The summed E-state index contributed by atoms with van der Waals surface area (Å²) < 4.78 is 26.0. The van der Waals surface area contributed by atoms with Gasteiger partial charge in [-0.3, -0.25) is 0 Å². The molecule has 2 aromatic rings. The number of benzene rings is 2. The first-order valence-corrected chi connectivity index (χ1v) is 6.37. The molecule has 2 aromatic carbocycles. The van der Waals surface area contributed by atoms with E-state index >= 15 is 0 Å². The first-order chi connectivity index (χ1) is 9.06. The summed E-state index contributed by atoms with van der Waals surface area (Å²) in [4.78, 5) is 0. The maximum absolute atomic E-state index is 13.1. The summed E-state index contributed by atoms with van der Waals surface area (Å²) in [6.45, 7) is 2.54. The van der Waals surface area contributed by atoms with E-state index in [-0.39, 0.29) is 6.04 Å².